The van der Waals surface area contributed by atoms with Crippen molar-refractivity contribution in [1.29, 1.82) is 0 Å². The highest BCUT2D eigenvalue weighted by atomic mass is 15.1. The van der Waals surface area contributed by atoms with Crippen molar-refractivity contribution in [3.8, 4) is 0 Å². The van der Waals surface area contributed by atoms with Crippen molar-refractivity contribution in [2.75, 3.05) is 7.05 Å². The van der Waals surface area contributed by atoms with E-state index < -0.39 is 0 Å². The van der Waals surface area contributed by atoms with Crippen LogP contribution >= 0.6 is 0 Å². The van der Waals surface area contributed by atoms with Crippen LogP contribution in [0.1, 0.15) is 89.1 Å². The number of aryl methyl sites for hydroxylation is 1. The van der Waals surface area contributed by atoms with Crippen molar-refractivity contribution >= 4 is 5.57 Å². The molecule has 0 aliphatic carbocycles. The largest absolute Gasteiger partial charge is 0.375 e. The van der Waals surface area contributed by atoms with Crippen molar-refractivity contribution < 1.29 is 0 Å². The highest BCUT2D eigenvalue weighted by molar-refractivity contribution is 5.72. The van der Waals surface area contributed by atoms with Gasteiger partial charge in [0.1, 0.15) is 0 Å². The molecule has 0 saturated heterocycles. The lowest BCUT2D eigenvalue weighted by Gasteiger charge is -2.38. The average Bonchev–Trinajstić information content (AvgIpc) is 2.48. The van der Waals surface area contributed by atoms with Gasteiger partial charge in [0.15, 0.2) is 0 Å². The second-order valence-electron chi connectivity index (χ2n) is 8.00. The van der Waals surface area contributed by atoms with E-state index in [-0.39, 0.29) is 0 Å². The van der Waals surface area contributed by atoms with E-state index in [1.165, 1.54) is 34.5 Å². The Kier molecular flexibility index (Phi) is 5.23. The Morgan fingerprint density at radius 2 is 1.74 bits per heavy atom. The first kappa shape index (κ1) is 18.0. The molecule has 2 rings (SSSR count). The van der Waals surface area contributed by atoms with Gasteiger partial charge in [0.05, 0.1) is 0 Å². The molecule has 1 aromatic heterocycles. The van der Waals surface area contributed by atoms with Gasteiger partial charge in [0, 0.05) is 36.2 Å². The maximum atomic E-state index is 4.76. The zero-order valence-electron chi connectivity index (χ0n) is 16.5. The minimum absolute atomic E-state index is 0.513. The summed E-state index contributed by atoms with van der Waals surface area (Å²) in [6, 6.07) is 0.555. The molecule has 2 nitrogen and oxygen atoms in total. The summed E-state index contributed by atoms with van der Waals surface area (Å²) < 4.78 is 0. The molecule has 0 N–H and O–H groups in total. The van der Waals surface area contributed by atoms with Crippen LogP contribution in [-0.4, -0.2) is 23.0 Å². The van der Waals surface area contributed by atoms with Crippen molar-refractivity contribution in [2.45, 2.75) is 79.7 Å². The van der Waals surface area contributed by atoms with Crippen LogP contribution in [0.15, 0.2) is 11.9 Å². The smallest absolute Gasteiger partial charge is 0.0451 e. The summed E-state index contributed by atoms with van der Waals surface area (Å²) in [6.07, 6.45) is 3.34. The number of fused-ring (bicyclic) bond motifs is 1. The topological polar surface area (TPSA) is 16.1 Å². The third-order valence-corrected chi connectivity index (χ3v) is 5.84. The summed E-state index contributed by atoms with van der Waals surface area (Å²) in [5.41, 5.74) is 8.37. The Balaban J connectivity index is 2.87. The maximum absolute atomic E-state index is 4.76. The number of rotatable bonds is 2. The molecule has 1 unspecified atom stereocenters. The van der Waals surface area contributed by atoms with Crippen molar-refractivity contribution in [1.82, 2.24) is 9.88 Å². The minimum atomic E-state index is 0.513. The number of hydrogen-bond acceptors (Lipinski definition) is 2. The van der Waals surface area contributed by atoms with Crippen LogP contribution in [0.2, 0.25) is 0 Å². The lowest BCUT2D eigenvalue weighted by atomic mass is 9.75. The van der Waals surface area contributed by atoms with Crippen LogP contribution in [-0.2, 0) is 0 Å². The van der Waals surface area contributed by atoms with Crippen LogP contribution in [0.5, 0.6) is 0 Å². The van der Waals surface area contributed by atoms with Gasteiger partial charge >= 0.3 is 0 Å². The Morgan fingerprint density at radius 1 is 1.13 bits per heavy atom. The maximum Gasteiger partial charge on any atom is 0.0451 e. The fourth-order valence-electron chi connectivity index (χ4n) is 4.00. The molecule has 1 aliphatic rings. The minimum Gasteiger partial charge on any atom is -0.375 e. The van der Waals surface area contributed by atoms with Gasteiger partial charge in [-0.1, -0.05) is 27.7 Å². The summed E-state index contributed by atoms with van der Waals surface area (Å²) in [5.74, 6) is 1.73. The van der Waals surface area contributed by atoms with Crippen LogP contribution in [0.3, 0.4) is 0 Å². The zero-order valence-corrected chi connectivity index (χ0v) is 16.5. The van der Waals surface area contributed by atoms with Crippen molar-refractivity contribution in [3.63, 3.8) is 0 Å². The predicted molar refractivity (Wildman–Crippen MR) is 101 cm³/mol. The van der Waals surface area contributed by atoms with E-state index >= 15 is 0 Å². The fourth-order valence-corrected chi connectivity index (χ4v) is 4.00. The molecule has 1 aliphatic heterocycles. The number of hydrogen-bond donors (Lipinski definition) is 0. The summed E-state index contributed by atoms with van der Waals surface area (Å²) in [7, 11) is 2.24. The molecular formula is C21H34N2. The highest BCUT2D eigenvalue weighted by Crippen LogP contribution is 2.43. The molecule has 0 fully saturated rings. The molecule has 23 heavy (non-hydrogen) atoms. The summed E-state index contributed by atoms with van der Waals surface area (Å²) in [6.45, 7) is 18.4. The number of aromatic nitrogens is 1. The molecule has 1 aromatic rings. The van der Waals surface area contributed by atoms with Crippen LogP contribution in [0.25, 0.3) is 5.57 Å². The molecule has 0 aromatic carbocycles. The Hall–Kier alpha value is -1.31. The SMILES string of the molecule is C/C1=C(\C)N(C)[C@H](C)CC(C(C)C)c2c(C(C)C)cnc(C)c21. The van der Waals surface area contributed by atoms with Gasteiger partial charge in [0.2, 0.25) is 0 Å². The predicted octanol–water partition coefficient (Wildman–Crippen LogP) is 5.73. The molecule has 2 heteroatoms. The van der Waals surface area contributed by atoms with Crippen molar-refractivity contribution in [2.24, 2.45) is 5.92 Å². The molecule has 128 valence electrons. The molecule has 0 spiro atoms. The first-order valence-corrected chi connectivity index (χ1v) is 9.06. The Morgan fingerprint density at radius 3 is 2.26 bits per heavy atom. The fraction of sp³-hybridized carbons (Fsp3) is 0.667. The van der Waals surface area contributed by atoms with Gasteiger partial charge in [-0.15, -0.1) is 0 Å². The summed E-state index contributed by atoms with van der Waals surface area (Å²) in [5, 5.41) is 0. The van der Waals surface area contributed by atoms with E-state index in [4.69, 9.17) is 4.98 Å². The number of allylic oxidation sites excluding steroid dienone is 2. The second-order valence-corrected chi connectivity index (χ2v) is 8.00. The Bertz CT molecular complexity index is 611. The van der Waals surface area contributed by atoms with Crippen LogP contribution in [0.4, 0.5) is 0 Å². The standard InChI is InChI=1S/C21H34N2/c1-12(2)18-10-14(5)23(9)17(8)15(6)20-16(7)22-11-19(13(3)4)21(18)20/h11-14,18H,10H2,1-9H3/b17-15-/t14-,18?/m1/s1. The van der Waals surface area contributed by atoms with E-state index in [1.54, 1.807) is 5.56 Å². The Labute approximate surface area is 143 Å². The molecule has 0 amide bonds. The number of pyridine rings is 1. The van der Waals surface area contributed by atoms with Gasteiger partial charge < -0.3 is 4.90 Å². The van der Waals surface area contributed by atoms with E-state index in [0.29, 0.717) is 23.8 Å². The molecule has 2 heterocycles. The third-order valence-electron chi connectivity index (χ3n) is 5.84. The molecule has 2 atom stereocenters. The molecular weight excluding hydrogens is 280 g/mol. The van der Waals surface area contributed by atoms with Crippen molar-refractivity contribution in [3.05, 3.63) is 34.3 Å². The van der Waals surface area contributed by atoms with Crippen LogP contribution < -0.4 is 0 Å². The van der Waals surface area contributed by atoms with Gasteiger partial charge in [-0.3, -0.25) is 4.98 Å². The summed E-state index contributed by atoms with van der Waals surface area (Å²) in [4.78, 5) is 7.21. The number of nitrogens with zero attached hydrogens (tertiary/aromatic N) is 2. The normalized spacial score (nSPS) is 25.6. The van der Waals surface area contributed by atoms with Gasteiger partial charge in [-0.25, -0.2) is 0 Å². The molecule has 0 radical (unpaired) electrons. The van der Waals surface area contributed by atoms with E-state index in [9.17, 15) is 0 Å². The van der Waals surface area contributed by atoms with Gasteiger partial charge in [-0.05, 0) is 68.6 Å². The zero-order chi connectivity index (χ0) is 17.5. The van der Waals surface area contributed by atoms with E-state index in [2.05, 4.69) is 73.5 Å². The lowest BCUT2D eigenvalue weighted by molar-refractivity contribution is 0.270. The first-order chi connectivity index (χ1) is 10.7. The highest BCUT2D eigenvalue weighted by Gasteiger charge is 2.31. The monoisotopic (exact) mass is 314 g/mol. The second kappa shape index (κ2) is 6.67. The lowest BCUT2D eigenvalue weighted by Crippen LogP contribution is -2.33. The average molecular weight is 315 g/mol. The third kappa shape index (κ3) is 3.18. The van der Waals surface area contributed by atoms with Crippen LogP contribution in [0, 0.1) is 12.8 Å². The quantitative estimate of drug-likeness (QED) is 0.693. The van der Waals surface area contributed by atoms with Gasteiger partial charge in [-0.2, -0.15) is 0 Å². The van der Waals surface area contributed by atoms with E-state index in [1.807, 2.05) is 0 Å². The van der Waals surface area contributed by atoms with Gasteiger partial charge in [0.25, 0.3) is 0 Å². The van der Waals surface area contributed by atoms with E-state index in [0.717, 1.165) is 0 Å². The molecule has 0 saturated carbocycles. The first-order valence-electron chi connectivity index (χ1n) is 9.06. The summed E-state index contributed by atoms with van der Waals surface area (Å²) >= 11 is 0. The molecule has 0 bridgehead atoms.